The lowest BCUT2D eigenvalue weighted by Crippen LogP contribution is -2.59. The molecule has 3 fully saturated rings. The van der Waals surface area contributed by atoms with E-state index < -0.39 is 0 Å². The second-order valence-electron chi connectivity index (χ2n) is 9.19. The van der Waals surface area contributed by atoms with E-state index in [2.05, 4.69) is 16.7 Å². The van der Waals surface area contributed by atoms with Crippen molar-refractivity contribution in [3.05, 3.63) is 35.9 Å². The average Bonchev–Trinajstić information content (AvgIpc) is 3.29. The molecule has 2 saturated heterocycles. The van der Waals surface area contributed by atoms with E-state index >= 15 is 0 Å². The summed E-state index contributed by atoms with van der Waals surface area (Å²) in [5.41, 5.74) is 0.756. The van der Waals surface area contributed by atoms with Crippen LogP contribution >= 0.6 is 0 Å². The van der Waals surface area contributed by atoms with Gasteiger partial charge in [0.1, 0.15) is 0 Å². The average molecular weight is 398 g/mol. The van der Waals surface area contributed by atoms with Crippen molar-refractivity contribution in [1.82, 2.24) is 14.7 Å². The normalized spacial score (nSPS) is 23.3. The molecule has 1 aliphatic carbocycles. The van der Waals surface area contributed by atoms with E-state index in [9.17, 15) is 9.59 Å². The second-order valence-corrected chi connectivity index (χ2v) is 9.19. The highest BCUT2D eigenvalue weighted by molar-refractivity contribution is 5.94. The maximum Gasteiger partial charge on any atom is 0.253 e. The molecule has 3 aliphatic rings. The van der Waals surface area contributed by atoms with E-state index in [0.717, 1.165) is 50.5 Å². The smallest absolute Gasteiger partial charge is 0.253 e. The Morgan fingerprint density at radius 1 is 0.828 bits per heavy atom. The Labute approximate surface area is 175 Å². The molecule has 1 saturated carbocycles. The Bertz CT molecular complexity index is 685. The van der Waals surface area contributed by atoms with Crippen molar-refractivity contribution in [3.8, 4) is 0 Å². The van der Waals surface area contributed by atoms with Crippen LogP contribution in [0.15, 0.2) is 30.3 Å². The van der Waals surface area contributed by atoms with Gasteiger partial charge in [0.15, 0.2) is 0 Å². The van der Waals surface area contributed by atoms with Gasteiger partial charge in [0, 0.05) is 44.8 Å². The van der Waals surface area contributed by atoms with Gasteiger partial charge in [-0.05, 0) is 49.7 Å². The first kappa shape index (κ1) is 20.4. The molecular formula is C24H35N3O2. The largest absolute Gasteiger partial charge is 0.341 e. The van der Waals surface area contributed by atoms with E-state index in [0.29, 0.717) is 24.9 Å². The summed E-state index contributed by atoms with van der Waals surface area (Å²) in [7, 11) is 0. The van der Waals surface area contributed by atoms with Crippen LogP contribution in [0.25, 0.3) is 0 Å². The fourth-order valence-corrected chi connectivity index (χ4v) is 5.31. The second kappa shape index (κ2) is 9.29. The van der Waals surface area contributed by atoms with E-state index in [1.807, 2.05) is 35.2 Å². The number of nitrogens with zero attached hydrogens (tertiary/aromatic N) is 3. The van der Waals surface area contributed by atoms with Gasteiger partial charge in [-0.25, -0.2) is 0 Å². The molecule has 2 amide bonds. The van der Waals surface area contributed by atoms with Gasteiger partial charge in [0.2, 0.25) is 5.91 Å². The number of rotatable bonds is 4. The van der Waals surface area contributed by atoms with Gasteiger partial charge >= 0.3 is 0 Å². The zero-order chi connectivity index (χ0) is 20.2. The predicted molar refractivity (Wildman–Crippen MR) is 115 cm³/mol. The van der Waals surface area contributed by atoms with Gasteiger partial charge in [-0.3, -0.25) is 14.5 Å². The Hall–Kier alpha value is -1.88. The molecule has 5 nitrogen and oxygen atoms in total. The Balaban J connectivity index is 1.41. The van der Waals surface area contributed by atoms with Gasteiger partial charge < -0.3 is 9.80 Å². The molecule has 1 atom stereocenters. The zero-order valence-electron chi connectivity index (χ0n) is 17.8. The quantitative estimate of drug-likeness (QED) is 0.783. The highest BCUT2D eigenvalue weighted by Crippen LogP contribution is 2.32. The molecule has 0 bridgehead atoms. The number of likely N-dealkylation sites (tertiary alicyclic amines) is 1. The molecule has 0 radical (unpaired) electrons. The molecule has 29 heavy (non-hydrogen) atoms. The van der Waals surface area contributed by atoms with Gasteiger partial charge in [0.05, 0.1) is 6.04 Å². The number of piperidine rings is 1. The third kappa shape index (κ3) is 4.66. The summed E-state index contributed by atoms with van der Waals surface area (Å²) in [5, 5.41) is 0. The van der Waals surface area contributed by atoms with Crippen LogP contribution in [0.1, 0.15) is 55.8 Å². The number of hydrogen-bond donors (Lipinski definition) is 0. The van der Waals surface area contributed by atoms with Crippen molar-refractivity contribution in [1.29, 1.82) is 0 Å². The van der Waals surface area contributed by atoms with Gasteiger partial charge in [-0.1, -0.05) is 38.0 Å². The number of benzene rings is 1. The minimum atomic E-state index is 0.0138. The zero-order valence-corrected chi connectivity index (χ0v) is 17.8. The fourth-order valence-electron chi connectivity index (χ4n) is 5.31. The topological polar surface area (TPSA) is 43.9 Å². The van der Waals surface area contributed by atoms with Crippen LogP contribution in [0, 0.1) is 11.8 Å². The first-order valence-corrected chi connectivity index (χ1v) is 11.5. The summed E-state index contributed by atoms with van der Waals surface area (Å²) in [6.45, 7) is 7.14. The molecule has 4 rings (SSSR count). The molecule has 1 unspecified atom stereocenters. The van der Waals surface area contributed by atoms with Gasteiger partial charge in [0.25, 0.3) is 5.91 Å². The first-order chi connectivity index (χ1) is 14.1. The lowest BCUT2D eigenvalue weighted by Gasteiger charge is -2.43. The van der Waals surface area contributed by atoms with Crippen LogP contribution < -0.4 is 0 Å². The number of carbonyl (C=O) groups excluding carboxylic acids is 2. The molecule has 2 heterocycles. The van der Waals surface area contributed by atoms with Gasteiger partial charge in [-0.15, -0.1) is 0 Å². The molecule has 0 N–H and O–H groups in total. The van der Waals surface area contributed by atoms with Crippen molar-refractivity contribution in [3.63, 3.8) is 0 Å². The van der Waals surface area contributed by atoms with Crippen molar-refractivity contribution in [2.24, 2.45) is 11.8 Å². The van der Waals surface area contributed by atoms with Crippen molar-refractivity contribution < 1.29 is 9.59 Å². The SMILES string of the molecule is CC1CCN(C(=O)C(C2CCCC2)N2CCN(C(=O)c3ccccc3)CC2)CC1. The van der Waals surface area contributed by atoms with Crippen LogP contribution in [-0.4, -0.2) is 71.8 Å². The summed E-state index contributed by atoms with van der Waals surface area (Å²) in [6, 6.07) is 9.55. The standard InChI is InChI=1S/C24H35N3O2/c1-19-11-13-26(14-12-19)24(29)22(20-7-5-6-8-20)25-15-17-27(18-16-25)23(28)21-9-3-2-4-10-21/h2-4,9-10,19-20,22H,5-8,11-18H2,1H3. The van der Waals surface area contributed by atoms with Crippen LogP contribution in [0.3, 0.4) is 0 Å². The lowest BCUT2D eigenvalue weighted by molar-refractivity contribution is -0.141. The highest BCUT2D eigenvalue weighted by atomic mass is 16.2. The Morgan fingerprint density at radius 3 is 2.07 bits per heavy atom. The maximum absolute atomic E-state index is 13.5. The fraction of sp³-hybridized carbons (Fsp3) is 0.667. The van der Waals surface area contributed by atoms with E-state index in [4.69, 9.17) is 0 Å². The van der Waals surface area contributed by atoms with Crippen molar-refractivity contribution >= 4 is 11.8 Å². The molecule has 2 aliphatic heterocycles. The number of amides is 2. The Kier molecular flexibility index (Phi) is 6.53. The molecule has 0 aromatic heterocycles. The minimum absolute atomic E-state index is 0.0138. The monoisotopic (exact) mass is 397 g/mol. The van der Waals surface area contributed by atoms with Crippen molar-refractivity contribution in [2.75, 3.05) is 39.3 Å². The predicted octanol–water partition coefficient (Wildman–Crippen LogP) is 3.26. The lowest BCUT2D eigenvalue weighted by atomic mass is 9.92. The van der Waals surface area contributed by atoms with Crippen LogP contribution in [0.2, 0.25) is 0 Å². The van der Waals surface area contributed by atoms with Crippen LogP contribution in [0.5, 0.6) is 0 Å². The molecule has 1 aromatic carbocycles. The molecule has 0 spiro atoms. The van der Waals surface area contributed by atoms with Crippen molar-refractivity contribution in [2.45, 2.75) is 51.5 Å². The molecule has 5 heteroatoms. The first-order valence-electron chi connectivity index (χ1n) is 11.5. The number of piperazine rings is 1. The van der Waals surface area contributed by atoms with E-state index in [1.165, 1.54) is 25.7 Å². The third-order valence-electron chi connectivity index (χ3n) is 7.21. The molecular weight excluding hydrogens is 362 g/mol. The third-order valence-corrected chi connectivity index (χ3v) is 7.21. The summed E-state index contributed by atoms with van der Waals surface area (Å²) in [4.78, 5) is 32.8. The van der Waals surface area contributed by atoms with Crippen LogP contribution in [-0.2, 0) is 4.79 Å². The summed E-state index contributed by atoms with van der Waals surface area (Å²) in [6.07, 6.45) is 7.09. The molecule has 158 valence electrons. The minimum Gasteiger partial charge on any atom is -0.341 e. The van der Waals surface area contributed by atoms with Crippen LogP contribution in [0.4, 0.5) is 0 Å². The highest BCUT2D eigenvalue weighted by Gasteiger charge is 2.39. The van der Waals surface area contributed by atoms with E-state index in [-0.39, 0.29) is 11.9 Å². The van der Waals surface area contributed by atoms with Gasteiger partial charge in [-0.2, -0.15) is 0 Å². The number of carbonyl (C=O) groups is 2. The molecule has 1 aromatic rings. The summed E-state index contributed by atoms with van der Waals surface area (Å²) < 4.78 is 0. The maximum atomic E-state index is 13.5. The summed E-state index contributed by atoms with van der Waals surface area (Å²) in [5.74, 6) is 1.68. The number of hydrogen-bond acceptors (Lipinski definition) is 3. The van der Waals surface area contributed by atoms with E-state index in [1.54, 1.807) is 0 Å². The summed E-state index contributed by atoms with van der Waals surface area (Å²) >= 11 is 0. The Morgan fingerprint density at radius 2 is 1.45 bits per heavy atom.